The zero-order valence-electron chi connectivity index (χ0n) is 12.2. The van der Waals surface area contributed by atoms with Crippen molar-refractivity contribution in [1.82, 2.24) is 5.43 Å². The summed E-state index contributed by atoms with van der Waals surface area (Å²) in [5.41, 5.74) is 3.89. The molecule has 5 nitrogen and oxygen atoms in total. The van der Waals surface area contributed by atoms with Crippen LogP contribution in [0.25, 0.3) is 0 Å². The van der Waals surface area contributed by atoms with E-state index < -0.39 is 0 Å². The van der Waals surface area contributed by atoms with E-state index in [0.717, 1.165) is 31.2 Å². The molecule has 112 valence electrons. The third-order valence-electron chi connectivity index (χ3n) is 3.70. The lowest BCUT2D eigenvalue weighted by atomic mass is 9.89. The van der Waals surface area contributed by atoms with Gasteiger partial charge < -0.3 is 4.74 Å². The number of hydrogen-bond donors (Lipinski definition) is 1. The van der Waals surface area contributed by atoms with E-state index in [1.807, 2.05) is 0 Å². The average Bonchev–Trinajstić information content (AvgIpc) is 2.55. The molecular weight excluding hydrogens is 268 g/mol. The standard InChI is InChI=1S/C16H20N2O3/c1-21-16(20)14-9-7-12(8-10-14)11-17-18-15(19)13-5-3-2-4-6-13/h7-11,13H,2-6H2,1H3,(H,18,19)/b17-11-. The molecule has 1 aromatic rings. The lowest BCUT2D eigenvalue weighted by Gasteiger charge is -2.19. The molecule has 21 heavy (non-hydrogen) atoms. The van der Waals surface area contributed by atoms with E-state index in [0.29, 0.717) is 5.56 Å². The van der Waals surface area contributed by atoms with Crippen LogP contribution in [0, 0.1) is 5.92 Å². The zero-order chi connectivity index (χ0) is 15.1. The summed E-state index contributed by atoms with van der Waals surface area (Å²) in [6.45, 7) is 0. The molecule has 1 N–H and O–H groups in total. The van der Waals surface area contributed by atoms with Gasteiger partial charge in [0.1, 0.15) is 0 Å². The molecule has 0 bridgehead atoms. The maximum atomic E-state index is 11.9. The maximum Gasteiger partial charge on any atom is 0.337 e. The van der Waals surface area contributed by atoms with Gasteiger partial charge in [-0.25, -0.2) is 10.2 Å². The van der Waals surface area contributed by atoms with E-state index in [1.54, 1.807) is 30.5 Å². The number of ether oxygens (including phenoxy) is 1. The number of hydrazone groups is 1. The predicted octanol–water partition coefficient (Wildman–Crippen LogP) is 2.50. The van der Waals surface area contributed by atoms with Crippen LogP contribution in [0.1, 0.15) is 48.0 Å². The van der Waals surface area contributed by atoms with Crippen LogP contribution in [0.5, 0.6) is 0 Å². The summed E-state index contributed by atoms with van der Waals surface area (Å²) in [5.74, 6) is -0.279. The Morgan fingerprint density at radius 1 is 1.19 bits per heavy atom. The number of esters is 1. The van der Waals surface area contributed by atoms with Crippen molar-refractivity contribution in [3.63, 3.8) is 0 Å². The molecule has 2 rings (SSSR count). The molecular formula is C16H20N2O3. The number of carbonyl (C=O) groups excluding carboxylic acids is 2. The summed E-state index contributed by atoms with van der Waals surface area (Å²) >= 11 is 0. The normalized spacial score (nSPS) is 15.9. The number of methoxy groups -OCH3 is 1. The summed E-state index contributed by atoms with van der Waals surface area (Å²) in [6.07, 6.45) is 6.94. The van der Waals surface area contributed by atoms with Gasteiger partial charge in [-0.05, 0) is 30.5 Å². The van der Waals surface area contributed by atoms with Crippen LogP contribution in [0.15, 0.2) is 29.4 Å². The highest BCUT2D eigenvalue weighted by Crippen LogP contribution is 2.23. The minimum Gasteiger partial charge on any atom is -0.465 e. The van der Waals surface area contributed by atoms with E-state index >= 15 is 0 Å². The number of nitrogens with zero attached hydrogens (tertiary/aromatic N) is 1. The van der Waals surface area contributed by atoms with E-state index in [2.05, 4.69) is 15.3 Å². The minimum atomic E-state index is -0.371. The largest absolute Gasteiger partial charge is 0.465 e. The Morgan fingerprint density at radius 3 is 2.48 bits per heavy atom. The fourth-order valence-electron chi connectivity index (χ4n) is 2.45. The van der Waals surface area contributed by atoms with Gasteiger partial charge in [-0.15, -0.1) is 0 Å². The summed E-state index contributed by atoms with van der Waals surface area (Å²) in [4.78, 5) is 23.2. The van der Waals surface area contributed by atoms with Gasteiger partial charge in [0, 0.05) is 5.92 Å². The topological polar surface area (TPSA) is 67.8 Å². The SMILES string of the molecule is COC(=O)c1ccc(/C=N\NC(=O)C2CCCCC2)cc1. The van der Waals surface area contributed by atoms with Crippen molar-refractivity contribution in [3.8, 4) is 0 Å². The number of amides is 1. The Labute approximate surface area is 124 Å². The molecule has 1 fully saturated rings. The molecule has 1 amide bonds. The van der Waals surface area contributed by atoms with Crippen LogP contribution in [0.2, 0.25) is 0 Å². The van der Waals surface area contributed by atoms with Crippen molar-refractivity contribution in [2.45, 2.75) is 32.1 Å². The summed E-state index contributed by atoms with van der Waals surface area (Å²) in [5, 5.41) is 3.97. The fourth-order valence-corrected chi connectivity index (χ4v) is 2.45. The predicted molar refractivity (Wildman–Crippen MR) is 80.1 cm³/mol. The number of carbonyl (C=O) groups is 2. The summed E-state index contributed by atoms with van der Waals surface area (Å²) < 4.78 is 4.63. The first-order chi connectivity index (χ1) is 10.2. The second kappa shape index (κ2) is 7.57. The molecule has 0 heterocycles. The highest BCUT2D eigenvalue weighted by atomic mass is 16.5. The molecule has 0 aliphatic heterocycles. The molecule has 1 aromatic carbocycles. The molecule has 0 spiro atoms. The van der Waals surface area contributed by atoms with Crippen LogP contribution >= 0.6 is 0 Å². The van der Waals surface area contributed by atoms with Crippen molar-refractivity contribution < 1.29 is 14.3 Å². The van der Waals surface area contributed by atoms with Gasteiger partial charge in [0.2, 0.25) is 5.91 Å². The van der Waals surface area contributed by atoms with Gasteiger partial charge in [0.25, 0.3) is 0 Å². The molecule has 0 radical (unpaired) electrons. The zero-order valence-corrected chi connectivity index (χ0v) is 12.2. The third kappa shape index (κ3) is 4.41. The Morgan fingerprint density at radius 2 is 1.86 bits per heavy atom. The molecule has 0 unspecified atom stereocenters. The highest BCUT2D eigenvalue weighted by molar-refractivity contribution is 5.90. The minimum absolute atomic E-state index is 0.00266. The Balaban J connectivity index is 1.86. The van der Waals surface area contributed by atoms with E-state index in [9.17, 15) is 9.59 Å². The molecule has 0 saturated heterocycles. The van der Waals surface area contributed by atoms with Crippen LogP contribution in [0.3, 0.4) is 0 Å². The average molecular weight is 288 g/mol. The first kappa shape index (κ1) is 15.2. The van der Waals surface area contributed by atoms with Crippen LogP contribution in [0.4, 0.5) is 0 Å². The number of hydrogen-bond acceptors (Lipinski definition) is 4. The first-order valence-electron chi connectivity index (χ1n) is 7.22. The van der Waals surface area contributed by atoms with Crippen molar-refractivity contribution in [2.24, 2.45) is 11.0 Å². The van der Waals surface area contributed by atoms with Gasteiger partial charge >= 0.3 is 5.97 Å². The molecule has 1 saturated carbocycles. The van der Waals surface area contributed by atoms with Gasteiger partial charge in [0.15, 0.2) is 0 Å². The lowest BCUT2D eigenvalue weighted by Crippen LogP contribution is -2.28. The number of nitrogens with one attached hydrogen (secondary N) is 1. The molecule has 0 aromatic heterocycles. The van der Waals surface area contributed by atoms with Crippen LogP contribution in [-0.2, 0) is 9.53 Å². The first-order valence-corrected chi connectivity index (χ1v) is 7.22. The monoisotopic (exact) mass is 288 g/mol. The maximum absolute atomic E-state index is 11.9. The third-order valence-corrected chi connectivity index (χ3v) is 3.70. The Hall–Kier alpha value is -2.17. The number of benzene rings is 1. The van der Waals surface area contributed by atoms with Crippen molar-refractivity contribution in [2.75, 3.05) is 7.11 Å². The van der Waals surface area contributed by atoms with Gasteiger partial charge in [0.05, 0.1) is 18.9 Å². The molecule has 5 heteroatoms. The summed E-state index contributed by atoms with van der Waals surface area (Å²) in [6, 6.07) is 6.83. The molecule has 1 aliphatic carbocycles. The molecule has 1 aliphatic rings. The highest BCUT2D eigenvalue weighted by Gasteiger charge is 2.20. The summed E-state index contributed by atoms with van der Waals surface area (Å²) in [7, 11) is 1.35. The number of rotatable bonds is 4. The quantitative estimate of drug-likeness (QED) is 0.526. The second-order valence-corrected chi connectivity index (χ2v) is 5.18. The van der Waals surface area contributed by atoms with Crippen molar-refractivity contribution >= 4 is 18.1 Å². The van der Waals surface area contributed by atoms with Gasteiger partial charge in [-0.1, -0.05) is 31.4 Å². The van der Waals surface area contributed by atoms with Gasteiger partial charge in [-0.2, -0.15) is 5.10 Å². The Kier molecular flexibility index (Phi) is 5.49. The van der Waals surface area contributed by atoms with Crippen LogP contribution in [-0.4, -0.2) is 25.2 Å². The molecule has 0 atom stereocenters. The lowest BCUT2D eigenvalue weighted by molar-refractivity contribution is -0.125. The van der Waals surface area contributed by atoms with E-state index in [-0.39, 0.29) is 17.8 Å². The van der Waals surface area contributed by atoms with Crippen molar-refractivity contribution in [1.29, 1.82) is 0 Å². The fraction of sp³-hybridized carbons (Fsp3) is 0.438. The Bertz CT molecular complexity index is 517. The smallest absolute Gasteiger partial charge is 0.337 e. The van der Waals surface area contributed by atoms with Gasteiger partial charge in [-0.3, -0.25) is 4.79 Å². The van der Waals surface area contributed by atoms with Crippen LogP contribution < -0.4 is 5.43 Å². The van der Waals surface area contributed by atoms with Crippen molar-refractivity contribution in [3.05, 3.63) is 35.4 Å². The second-order valence-electron chi connectivity index (χ2n) is 5.18. The van der Waals surface area contributed by atoms with E-state index in [4.69, 9.17) is 0 Å². The van der Waals surface area contributed by atoms with E-state index in [1.165, 1.54) is 13.5 Å².